The van der Waals surface area contributed by atoms with Crippen molar-refractivity contribution >= 4 is 11.6 Å². The zero-order valence-electron chi connectivity index (χ0n) is 12.9. The number of aryl methyl sites for hydroxylation is 1. The molecule has 0 aliphatic carbocycles. The zero-order valence-corrected chi connectivity index (χ0v) is 12.9. The van der Waals surface area contributed by atoms with Gasteiger partial charge in [-0.05, 0) is 43.9 Å². The predicted octanol–water partition coefficient (Wildman–Crippen LogP) is 3.00. The molecule has 2 rings (SSSR count). The molecule has 116 valence electrons. The number of anilines is 1. The van der Waals surface area contributed by atoms with E-state index in [9.17, 15) is 4.79 Å². The van der Waals surface area contributed by atoms with Gasteiger partial charge in [-0.25, -0.2) is 0 Å². The number of likely N-dealkylation sites (tertiary alicyclic amines) is 1. The summed E-state index contributed by atoms with van der Waals surface area (Å²) in [6.45, 7) is 4.39. The summed E-state index contributed by atoms with van der Waals surface area (Å²) in [4.78, 5) is 14.3. The predicted molar refractivity (Wildman–Crippen MR) is 85.4 cm³/mol. The molecule has 1 amide bonds. The van der Waals surface area contributed by atoms with Crippen LogP contribution in [-0.2, 0) is 11.2 Å². The molecule has 1 aliphatic rings. The van der Waals surface area contributed by atoms with Gasteiger partial charge in [-0.15, -0.1) is 0 Å². The highest BCUT2D eigenvalue weighted by molar-refractivity contribution is 5.76. The molecule has 1 heterocycles. The first-order valence-electron chi connectivity index (χ1n) is 7.99. The Bertz CT molecular complexity index is 466. The molecule has 4 heteroatoms. The van der Waals surface area contributed by atoms with E-state index in [0.717, 1.165) is 43.7 Å². The summed E-state index contributed by atoms with van der Waals surface area (Å²) in [6.07, 6.45) is 6.08. The van der Waals surface area contributed by atoms with Crippen molar-refractivity contribution in [2.24, 2.45) is 0 Å². The number of hydrogen-bond acceptors (Lipinski definition) is 3. The zero-order chi connectivity index (χ0) is 15.1. The molecule has 21 heavy (non-hydrogen) atoms. The van der Waals surface area contributed by atoms with Gasteiger partial charge in [0.2, 0.25) is 5.91 Å². The van der Waals surface area contributed by atoms with Crippen LogP contribution in [0.2, 0.25) is 0 Å². The molecule has 1 fully saturated rings. The van der Waals surface area contributed by atoms with Crippen LogP contribution in [0.1, 0.15) is 44.6 Å². The molecule has 1 saturated heterocycles. The fraction of sp³-hybridized carbons (Fsp3) is 0.588. The number of benzene rings is 1. The molecule has 0 atom stereocenters. The number of carbonyl (C=O) groups excluding carboxylic acids is 1. The largest absolute Gasteiger partial charge is 0.492 e. The van der Waals surface area contributed by atoms with Crippen LogP contribution >= 0.6 is 0 Å². The highest BCUT2D eigenvalue weighted by Gasteiger charge is 2.15. The average Bonchev–Trinajstić information content (AvgIpc) is 2.76. The Balaban J connectivity index is 1.87. The Hall–Kier alpha value is -1.71. The van der Waals surface area contributed by atoms with Gasteiger partial charge >= 0.3 is 0 Å². The summed E-state index contributed by atoms with van der Waals surface area (Å²) in [7, 11) is 0. The van der Waals surface area contributed by atoms with Crippen LogP contribution < -0.4 is 10.5 Å². The lowest BCUT2D eigenvalue weighted by molar-refractivity contribution is -0.131. The maximum atomic E-state index is 12.2. The van der Waals surface area contributed by atoms with E-state index in [0.29, 0.717) is 18.7 Å². The van der Waals surface area contributed by atoms with Gasteiger partial charge in [-0.3, -0.25) is 4.79 Å². The van der Waals surface area contributed by atoms with Crippen LogP contribution in [-0.4, -0.2) is 30.5 Å². The van der Waals surface area contributed by atoms with Crippen LogP contribution in [0.15, 0.2) is 18.2 Å². The summed E-state index contributed by atoms with van der Waals surface area (Å²) in [5.74, 6) is 0.990. The highest BCUT2D eigenvalue weighted by Crippen LogP contribution is 2.23. The monoisotopic (exact) mass is 290 g/mol. The minimum absolute atomic E-state index is 0.268. The molecule has 0 unspecified atom stereocenters. The number of carbonyl (C=O) groups is 1. The molecule has 0 aromatic heterocycles. The lowest BCUT2D eigenvalue weighted by atomic mass is 10.1. The van der Waals surface area contributed by atoms with E-state index in [1.54, 1.807) is 0 Å². The van der Waals surface area contributed by atoms with Gasteiger partial charge in [0.25, 0.3) is 0 Å². The van der Waals surface area contributed by atoms with Gasteiger partial charge in [0, 0.05) is 19.5 Å². The second-order valence-corrected chi connectivity index (χ2v) is 5.60. The van der Waals surface area contributed by atoms with Crippen LogP contribution in [0.5, 0.6) is 5.75 Å². The molecule has 0 spiro atoms. The van der Waals surface area contributed by atoms with E-state index in [1.807, 2.05) is 30.0 Å². The maximum absolute atomic E-state index is 12.2. The first-order chi connectivity index (χ1) is 10.2. The van der Waals surface area contributed by atoms with Crippen molar-refractivity contribution in [3.05, 3.63) is 23.8 Å². The van der Waals surface area contributed by atoms with E-state index in [2.05, 4.69) is 0 Å². The Labute approximate surface area is 127 Å². The topological polar surface area (TPSA) is 55.6 Å². The second-order valence-electron chi connectivity index (χ2n) is 5.60. The normalized spacial score (nSPS) is 15.6. The first-order valence-corrected chi connectivity index (χ1v) is 7.99. The number of rotatable bonds is 5. The molecule has 0 bridgehead atoms. The third kappa shape index (κ3) is 4.66. The molecule has 0 saturated carbocycles. The van der Waals surface area contributed by atoms with Gasteiger partial charge in [-0.1, -0.05) is 18.9 Å². The smallest absolute Gasteiger partial charge is 0.222 e. The quantitative estimate of drug-likeness (QED) is 0.848. The van der Waals surface area contributed by atoms with Gasteiger partial charge in [0.05, 0.1) is 12.3 Å². The maximum Gasteiger partial charge on any atom is 0.222 e. The summed E-state index contributed by atoms with van der Waals surface area (Å²) in [6, 6.07) is 5.81. The Morgan fingerprint density at radius 1 is 1.24 bits per heavy atom. The second kappa shape index (κ2) is 7.91. The first kappa shape index (κ1) is 15.7. The van der Waals surface area contributed by atoms with E-state index >= 15 is 0 Å². The highest BCUT2D eigenvalue weighted by atomic mass is 16.5. The summed E-state index contributed by atoms with van der Waals surface area (Å²) in [5.41, 5.74) is 7.70. The SMILES string of the molecule is CCOc1ccc(CCC(=O)N2CCCCCC2)cc1N. The van der Waals surface area contributed by atoms with Crippen molar-refractivity contribution in [3.8, 4) is 5.75 Å². The van der Waals surface area contributed by atoms with Crippen LogP contribution in [0.4, 0.5) is 5.69 Å². The molecule has 2 N–H and O–H groups in total. The Morgan fingerprint density at radius 3 is 2.57 bits per heavy atom. The van der Waals surface area contributed by atoms with Crippen LogP contribution in [0, 0.1) is 0 Å². The molecule has 1 aliphatic heterocycles. The van der Waals surface area contributed by atoms with Gasteiger partial charge < -0.3 is 15.4 Å². The average molecular weight is 290 g/mol. The number of amides is 1. The van der Waals surface area contributed by atoms with Crippen molar-refractivity contribution in [3.63, 3.8) is 0 Å². The van der Waals surface area contributed by atoms with E-state index < -0.39 is 0 Å². The molecule has 4 nitrogen and oxygen atoms in total. The Morgan fingerprint density at radius 2 is 1.95 bits per heavy atom. The van der Waals surface area contributed by atoms with Gasteiger partial charge in [0.1, 0.15) is 5.75 Å². The third-order valence-corrected chi connectivity index (χ3v) is 3.96. The minimum Gasteiger partial charge on any atom is -0.492 e. The van der Waals surface area contributed by atoms with E-state index in [-0.39, 0.29) is 5.91 Å². The molecule has 1 aromatic carbocycles. The third-order valence-electron chi connectivity index (χ3n) is 3.96. The summed E-state index contributed by atoms with van der Waals surface area (Å²) < 4.78 is 5.43. The molecular formula is C17H26N2O2. The van der Waals surface area contributed by atoms with Gasteiger partial charge in [0.15, 0.2) is 0 Å². The van der Waals surface area contributed by atoms with E-state index in [4.69, 9.17) is 10.5 Å². The van der Waals surface area contributed by atoms with Crippen molar-refractivity contribution in [1.29, 1.82) is 0 Å². The van der Waals surface area contributed by atoms with Crippen molar-refractivity contribution in [2.45, 2.75) is 45.4 Å². The summed E-state index contributed by atoms with van der Waals surface area (Å²) in [5, 5.41) is 0. The van der Waals surface area contributed by atoms with Crippen molar-refractivity contribution in [1.82, 2.24) is 4.90 Å². The van der Waals surface area contributed by atoms with Crippen LogP contribution in [0.25, 0.3) is 0 Å². The van der Waals surface area contributed by atoms with Gasteiger partial charge in [-0.2, -0.15) is 0 Å². The minimum atomic E-state index is 0.268. The standard InChI is InChI=1S/C17H26N2O2/c1-2-21-16-9-7-14(13-15(16)18)8-10-17(20)19-11-5-3-4-6-12-19/h7,9,13H,2-6,8,10-12,18H2,1H3. The number of ether oxygens (including phenoxy) is 1. The van der Waals surface area contributed by atoms with Crippen LogP contribution in [0.3, 0.4) is 0 Å². The fourth-order valence-electron chi connectivity index (χ4n) is 2.77. The van der Waals surface area contributed by atoms with E-state index in [1.165, 1.54) is 12.8 Å². The lowest BCUT2D eigenvalue weighted by Gasteiger charge is -2.20. The van der Waals surface area contributed by atoms with Crippen molar-refractivity contribution < 1.29 is 9.53 Å². The molecular weight excluding hydrogens is 264 g/mol. The molecule has 0 radical (unpaired) electrons. The Kier molecular flexibility index (Phi) is 5.90. The number of hydrogen-bond donors (Lipinski definition) is 1. The summed E-state index contributed by atoms with van der Waals surface area (Å²) >= 11 is 0. The van der Waals surface area contributed by atoms with Crippen molar-refractivity contribution in [2.75, 3.05) is 25.4 Å². The molecule has 1 aromatic rings. The number of nitrogens with two attached hydrogens (primary N) is 1. The number of nitrogens with zero attached hydrogens (tertiary/aromatic N) is 1. The lowest BCUT2D eigenvalue weighted by Crippen LogP contribution is -2.31. The number of nitrogen functional groups attached to an aromatic ring is 1. The fourth-order valence-corrected chi connectivity index (χ4v) is 2.77.